The topological polar surface area (TPSA) is 41.6 Å². The average molecular weight is 217 g/mol. The summed E-state index contributed by atoms with van der Waals surface area (Å²) in [6.07, 6.45) is 3.61. The summed E-state index contributed by atoms with van der Waals surface area (Å²) in [5.41, 5.74) is 4.09. The first-order valence-electron chi connectivity index (χ1n) is 4.66. The van der Waals surface area contributed by atoms with Gasteiger partial charge in [-0.2, -0.15) is 0 Å². The van der Waals surface area contributed by atoms with E-state index in [1.54, 1.807) is 6.20 Å². The standard InChI is InChI=1S/C11H11N3S/c1-7-5-13-11(15)14-10(7)9-4-3-8(2)12-6-9/h3-6H,1-2H3,(H,13,14,15). The van der Waals surface area contributed by atoms with Crippen molar-refractivity contribution in [1.82, 2.24) is 15.0 Å². The van der Waals surface area contributed by atoms with Crippen LogP contribution < -0.4 is 0 Å². The predicted molar refractivity (Wildman–Crippen MR) is 62.1 cm³/mol. The molecule has 0 atom stereocenters. The Kier molecular flexibility index (Phi) is 2.60. The van der Waals surface area contributed by atoms with Gasteiger partial charge in [0, 0.05) is 23.7 Å². The Morgan fingerprint density at radius 2 is 1.93 bits per heavy atom. The van der Waals surface area contributed by atoms with Crippen molar-refractivity contribution in [3.63, 3.8) is 0 Å². The zero-order valence-electron chi connectivity index (χ0n) is 8.61. The van der Waals surface area contributed by atoms with Gasteiger partial charge in [0.25, 0.3) is 0 Å². The number of nitrogens with zero attached hydrogens (tertiary/aromatic N) is 2. The average Bonchev–Trinajstić information content (AvgIpc) is 2.23. The fourth-order valence-electron chi connectivity index (χ4n) is 1.37. The fourth-order valence-corrected chi connectivity index (χ4v) is 1.53. The largest absolute Gasteiger partial charge is 0.330 e. The van der Waals surface area contributed by atoms with E-state index < -0.39 is 0 Å². The van der Waals surface area contributed by atoms with E-state index in [1.165, 1.54) is 0 Å². The van der Waals surface area contributed by atoms with Gasteiger partial charge in [0.05, 0.1) is 5.69 Å². The van der Waals surface area contributed by atoms with Crippen LogP contribution in [0.1, 0.15) is 11.3 Å². The molecular formula is C11H11N3S. The van der Waals surface area contributed by atoms with Gasteiger partial charge in [-0.3, -0.25) is 4.98 Å². The molecule has 76 valence electrons. The number of aryl methyl sites for hydroxylation is 2. The minimum atomic E-state index is 0.496. The second kappa shape index (κ2) is 3.90. The highest BCUT2D eigenvalue weighted by atomic mass is 32.1. The molecule has 0 unspecified atom stereocenters. The van der Waals surface area contributed by atoms with E-state index in [4.69, 9.17) is 12.2 Å². The normalized spacial score (nSPS) is 10.3. The summed E-state index contributed by atoms with van der Waals surface area (Å²) >= 11 is 5.00. The van der Waals surface area contributed by atoms with E-state index >= 15 is 0 Å². The van der Waals surface area contributed by atoms with Gasteiger partial charge in [0.15, 0.2) is 4.77 Å². The number of rotatable bonds is 1. The summed E-state index contributed by atoms with van der Waals surface area (Å²) in [4.78, 5) is 11.3. The fraction of sp³-hybridized carbons (Fsp3) is 0.182. The Morgan fingerprint density at radius 1 is 1.13 bits per heavy atom. The molecule has 2 heterocycles. The van der Waals surface area contributed by atoms with E-state index in [9.17, 15) is 0 Å². The van der Waals surface area contributed by atoms with Gasteiger partial charge in [-0.25, -0.2) is 4.98 Å². The van der Waals surface area contributed by atoms with Crippen LogP contribution in [0.15, 0.2) is 24.5 Å². The number of hydrogen-bond acceptors (Lipinski definition) is 3. The zero-order valence-corrected chi connectivity index (χ0v) is 9.43. The summed E-state index contributed by atoms with van der Waals surface area (Å²) in [7, 11) is 0. The number of nitrogens with one attached hydrogen (secondary N) is 1. The van der Waals surface area contributed by atoms with Gasteiger partial charge >= 0.3 is 0 Å². The Balaban J connectivity index is 2.58. The van der Waals surface area contributed by atoms with Crippen molar-refractivity contribution in [2.45, 2.75) is 13.8 Å². The van der Waals surface area contributed by atoms with Gasteiger partial charge in [-0.05, 0) is 43.8 Å². The van der Waals surface area contributed by atoms with E-state index in [-0.39, 0.29) is 0 Å². The van der Waals surface area contributed by atoms with Crippen molar-refractivity contribution in [3.8, 4) is 11.3 Å². The Labute approximate surface area is 93.2 Å². The summed E-state index contributed by atoms with van der Waals surface area (Å²) in [6.45, 7) is 3.96. The van der Waals surface area contributed by atoms with Crippen molar-refractivity contribution in [2.75, 3.05) is 0 Å². The van der Waals surface area contributed by atoms with Gasteiger partial charge in [-0.1, -0.05) is 0 Å². The van der Waals surface area contributed by atoms with Crippen LogP contribution in [0.5, 0.6) is 0 Å². The van der Waals surface area contributed by atoms with Gasteiger partial charge in [0.1, 0.15) is 0 Å². The SMILES string of the molecule is Cc1ccc(-c2[nH]c(=S)ncc2C)cn1. The highest BCUT2D eigenvalue weighted by Gasteiger charge is 2.02. The third-order valence-electron chi connectivity index (χ3n) is 2.20. The lowest BCUT2D eigenvalue weighted by molar-refractivity contribution is 1.10. The molecule has 2 aromatic heterocycles. The Bertz CT molecular complexity index is 528. The number of aromatic amines is 1. The second-order valence-electron chi connectivity index (χ2n) is 3.43. The summed E-state index contributed by atoms with van der Waals surface area (Å²) < 4.78 is 0.496. The second-order valence-corrected chi connectivity index (χ2v) is 3.82. The van der Waals surface area contributed by atoms with Crippen LogP contribution in [-0.4, -0.2) is 15.0 Å². The van der Waals surface area contributed by atoms with E-state index in [1.807, 2.05) is 32.2 Å². The van der Waals surface area contributed by atoms with Crippen LogP contribution in [0, 0.1) is 18.6 Å². The molecule has 0 fully saturated rings. The van der Waals surface area contributed by atoms with Crippen LogP contribution in [0.4, 0.5) is 0 Å². The van der Waals surface area contributed by atoms with E-state index in [2.05, 4.69) is 15.0 Å². The first kappa shape index (κ1) is 9.98. The lowest BCUT2D eigenvalue weighted by Gasteiger charge is -2.04. The minimum absolute atomic E-state index is 0.496. The summed E-state index contributed by atoms with van der Waals surface area (Å²) in [6, 6.07) is 4.00. The smallest absolute Gasteiger partial charge is 0.197 e. The first-order valence-corrected chi connectivity index (χ1v) is 5.06. The highest BCUT2D eigenvalue weighted by molar-refractivity contribution is 7.71. The molecule has 4 heteroatoms. The predicted octanol–water partition coefficient (Wildman–Crippen LogP) is 2.82. The molecule has 0 spiro atoms. The number of hydrogen-bond donors (Lipinski definition) is 1. The molecule has 0 aliphatic carbocycles. The summed E-state index contributed by atoms with van der Waals surface area (Å²) in [5, 5.41) is 0. The monoisotopic (exact) mass is 217 g/mol. The Hall–Kier alpha value is -1.55. The van der Waals surface area contributed by atoms with Crippen molar-refractivity contribution in [3.05, 3.63) is 40.6 Å². The molecule has 2 aromatic rings. The molecule has 0 aromatic carbocycles. The third kappa shape index (κ3) is 2.10. The lowest BCUT2D eigenvalue weighted by atomic mass is 10.1. The molecule has 0 radical (unpaired) electrons. The van der Waals surface area contributed by atoms with Crippen molar-refractivity contribution in [2.24, 2.45) is 0 Å². The zero-order chi connectivity index (χ0) is 10.8. The minimum Gasteiger partial charge on any atom is -0.330 e. The maximum absolute atomic E-state index is 5.00. The number of H-pyrrole nitrogens is 1. The molecule has 1 N–H and O–H groups in total. The van der Waals surface area contributed by atoms with Gasteiger partial charge in [0.2, 0.25) is 0 Å². The molecule has 0 aliphatic rings. The molecule has 0 aliphatic heterocycles. The van der Waals surface area contributed by atoms with Crippen LogP contribution in [0.3, 0.4) is 0 Å². The molecule has 0 saturated heterocycles. The molecular weight excluding hydrogens is 206 g/mol. The maximum atomic E-state index is 5.00. The molecule has 0 bridgehead atoms. The Morgan fingerprint density at radius 3 is 2.60 bits per heavy atom. The van der Waals surface area contributed by atoms with Crippen LogP contribution in [0.25, 0.3) is 11.3 Å². The van der Waals surface area contributed by atoms with Crippen molar-refractivity contribution in [1.29, 1.82) is 0 Å². The molecule has 0 saturated carbocycles. The van der Waals surface area contributed by atoms with Gasteiger partial charge < -0.3 is 4.98 Å². The van der Waals surface area contributed by atoms with Crippen LogP contribution in [-0.2, 0) is 0 Å². The lowest BCUT2D eigenvalue weighted by Crippen LogP contribution is -1.92. The van der Waals surface area contributed by atoms with Crippen molar-refractivity contribution < 1.29 is 0 Å². The van der Waals surface area contributed by atoms with Crippen molar-refractivity contribution >= 4 is 12.2 Å². The molecule has 0 amide bonds. The van der Waals surface area contributed by atoms with Crippen LogP contribution >= 0.6 is 12.2 Å². The number of pyridine rings is 1. The van der Waals surface area contributed by atoms with E-state index in [0.29, 0.717) is 4.77 Å². The molecule has 15 heavy (non-hydrogen) atoms. The number of aromatic nitrogens is 3. The molecule has 3 nitrogen and oxygen atoms in total. The maximum Gasteiger partial charge on any atom is 0.197 e. The summed E-state index contributed by atoms with van der Waals surface area (Å²) in [5.74, 6) is 0. The van der Waals surface area contributed by atoms with Gasteiger partial charge in [-0.15, -0.1) is 0 Å². The molecule has 2 rings (SSSR count). The first-order chi connectivity index (χ1) is 7.16. The third-order valence-corrected chi connectivity index (χ3v) is 2.41. The highest BCUT2D eigenvalue weighted by Crippen LogP contribution is 2.18. The van der Waals surface area contributed by atoms with Crippen LogP contribution in [0.2, 0.25) is 0 Å². The quantitative estimate of drug-likeness (QED) is 0.747. The van der Waals surface area contributed by atoms with E-state index in [0.717, 1.165) is 22.5 Å².